The number of nitrogens with zero attached hydrogens (tertiary/aromatic N) is 2. The molecule has 0 unspecified atom stereocenters. The van der Waals surface area contributed by atoms with Crippen molar-refractivity contribution >= 4 is 68.9 Å². The lowest BCUT2D eigenvalue weighted by molar-refractivity contribution is -0.113. The normalized spacial score (nSPS) is 10.6. The number of aromatic nitrogens is 2. The van der Waals surface area contributed by atoms with Gasteiger partial charge in [0, 0.05) is 10.7 Å². The van der Waals surface area contributed by atoms with Crippen LogP contribution in [0.25, 0.3) is 0 Å². The molecular formula is C19H16Cl2N4O2S2. The summed E-state index contributed by atoms with van der Waals surface area (Å²) >= 11 is 14.3. The van der Waals surface area contributed by atoms with E-state index in [9.17, 15) is 9.59 Å². The van der Waals surface area contributed by atoms with Gasteiger partial charge >= 0.3 is 0 Å². The van der Waals surface area contributed by atoms with Gasteiger partial charge in [-0.15, -0.1) is 10.2 Å². The summed E-state index contributed by atoms with van der Waals surface area (Å²) in [6, 6.07) is 10.4. The summed E-state index contributed by atoms with van der Waals surface area (Å²) in [6.45, 7) is 3.95. The lowest BCUT2D eigenvalue weighted by Gasteiger charge is -2.08. The van der Waals surface area contributed by atoms with E-state index >= 15 is 0 Å². The number of benzene rings is 2. The Balaban J connectivity index is 1.54. The zero-order chi connectivity index (χ0) is 21.0. The van der Waals surface area contributed by atoms with Crippen LogP contribution >= 0.6 is 46.3 Å². The maximum Gasteiger partial charge on any atom is 0.259 e. The summed E-state index contributed by atoms with van der Waals surface area (Å²) in [4.78, 5) is 24.5. The van der Waals surface area contributed by atoms with Gasteiger partial charge in [-0.25, -0.2) is 0 Å². The molecule has 3 aromatic rings. The number of hydrogen-bond acceptors (Lipinski definition) is 6. The zero-order valence-electron chi connectivity index (χ0n) is 15.5. The SMILES string of the molecule is Cc1ccc(NC(=O)CSc2nnc(NC(=O)c3ccc(Cl)cc3Cl)s2)c(C)c1. The molecule has 2 amide bonds. The number of carbonyl (C=O) groups is 2. The third-order valence-corrected chi connectivity index (χ3v) is 6.31. The molecule has 150 valence electrons. The third kappa shape index (κ3) is 5.93. The van der Waals surface area contributed by atoms with Crippen molar-refractivity contribution in [1.82, 2.24) is 10.2 Å². The minimum atomic E-state index is -0.410. The Morgan fingerprint density at radius 1 is 1.07 bits per heavy atom. The van der Waals surface area contributed by atoms with Gasteiger partial charge in [-0.1, -0.05) is 64.0 Å². The highest BCUT2D eigenvalue weighted by molar-refractivity contribution is 8.01. The largest absolute Gasteiger partial charge is 0.325 e. The van der Waals surface area contributed by atoms with E-state index in [0.717, 1.165) is 16.8 Å². The minimum absolute atomic E-state index is 0.143. The predicted molar refractivity (Wildman–Crippen MR) is 120 cm³/mol. The first-order valence-electron chi connectivity index (χ1n) is 8.41. The minimum Gasteiger partial charge on any atom is -0.325 e. The summed E-state index contributed by atoms with van der Waals surface area (Å²) < 4.78 is 0.568. The average molecular weight is 467 g/mol. The van der Waals surface area contributed by atoms with Gasteiger partial charge in [0.2, 0.25) is 11.0 Å². The van der Waals surface area contributed by atoms with Gasteiger partial charge in [0.1, 0.15) is 0 Å². The average Bonchev–Trinajstić information content (AvgIpc) is 3.09. The lowest BCUT2D eigenvalue weighted by Crippen LogP contribution is -2.14. The molecule has 0 aliphatic rings. The Bertz CT molecular complexity index is 1070. The fourth-order valence-corrected chi connectivity index (χ4v) is 4.47. The van der Waals surface area contributed by atoms with Crippen LogP contribution < -0.4 is 10.6 Å². The summed E-state index contributed by atoms with van der Waals surface area (Å²) in [7, 11) is 0. The van der Waals surface area contributed by atoms with Crippen molar-refractivity contribution in [3.8, 4) is 0 Å². The first-order chi connectivity index (χ1) is 13.8. The number of rotatable bonds is 6. The first-order valence-corrected chi connectivity index (χ1v) is 11.0. The number of thioether (sulfide) groups is 1. The number of amides is 2. The first kappa shape index (κ1) is 21.6. The fraction of sp³-hybridized carbons (Fsp3) is 0.158. The smallest absolute Gasteiger partial charge is 0.259 e. The lowest BCUT2D eigenvalue weighted by atomic mass is 10.1. The highest BCUT2D eigenvalue weighted by atomic mass is 35.5. The van der Waals surface area contributed by atoms with Crippen LogP contribution in [0.1, 0.15) is 21.5 Å². The number of anilines is 2. The van der Waals surface area contributed by atoms with Gasteiger partial charge in [0.15, 0.2) is 4.34 Å². The zero-order valence-corrected chi connectivity index (χ0v) is 18.6. The standard InChI is InChI=1S/C19H16Cl2N4O2S2/c1-10-3-6-15(11(2)7-10)22-16(26)9-28-19-25-24-18(29-19)23-17(27)13-5-4-12(20)8-14(13)21/h3-8H,9H2,1-2H3,(H,22,26)(H,23,24,27). The topological polar surface area (TPSA) is 84.0 Å². The van der Waals surface area contributed by atoms with Gasteiger partial charge in [-0.05, 0) is 43.7 Å². The van der Waals surface area contributed by atoms with Crippen molar-refractivity contribution in [3.05, 3.63) is 63.1 Å². The van der Waals surface area contributed by atoms with E-state index in [-0.39, 0.29) is 22.2 Å². The van der Waals surface area contributed by atoms with Crippen LogP contribution in [0.15, 0.2) is 40.7 Å². The van der Waals surface area contributed by atoms with Gasteiger partial charge in [-0.2, -0.15) is 0 Å². The van der Waals surface area contributed by atoms with Crippen molar-refractivity contribution in [2.45, 2.75) is 18.2 Å². The predicted octanol–water partition coefficient (Wildman–Crippen LogP) is 5.44. The molecule has 0 aliphatic heterocycles. The Labute approximate surface area is 186 Å². The molecule has 0 saturated heterocycles. The Morgan fingerprint density at radius 3 is 2.59 bits per heavy atom. The maximum absolute atomic E-state index is 12.3. The van der Waals surface area contributed by atoms with Crippen LogP contribution in [0.3, 0.4) is 0 Å². The summed E-state index contributed by atoms with van der Waals surface area (Å²) in [5.41, 5.74) is 3.21. The number of aryl methyl sites for hydroxylation is 2. The van der Waals surface area contributed by atoms with E-state index in [0.29, 0.717) is 14.5 Å². The van der Waals surface area contributed by atoms with E-state index in [1.54, 1.807) is 6.07 Å². The van der Waals surface area contributed by atoms with Gasteiger partial charge < -0.3 is 5.32 Å². The summed E-state index contributed by atoms with van der Waals surface area (Å²) in [6.07, 6.45) is 0. The molecule has 6 nitrogen and oxygen atoms in total. The second kappa shape index (κ2) is 9.58. The van der Waals surface area contributed by atoms with Crippen LogP contribution in [0.5, 0.6) is 0 Å². The molecule has 0 saturated carbocycles. The maximum atomic E-state index is 12.3. The number of nitrogens with one attached hydrogen (secondary N) is 2. The van der Waals surface area contributed by atoms with Crippen LogP contribution in [-0.4, -0.2) is 27.8 Å². The molecule has 2 N–H and O–H groups in total. The molecule has 0 radical (unpaired) electrons. The number of hydrogen-bond donors (Lipinski definition) is 2. The molecule has 0 atom stereocenters. The van der Waals surface area contributed by atoms with Gasteiger partial charge in [0.05, 0.1) is 16.3 Å². The van der Waals surface area contributed by atoms with Crippen molar-refractivity contribution in [1.29, 1.82) is 0 Å². The molecule has 0 fully saturated rings. The van der Waals surface area contributed by atoms with E-state index in [1.165, 1.54) is 35.2 Å². The molecule has 1 heterocycles. The van der Waals surface area contributed by atoms with Crippen molar-refractivity contribution in [2.75, 3.05) is 16.4 Å². The van der Waals surface area contributed by atoms with E-state index in [2.05, 4.69) is 20.8 Å². The quantitative estimate of drug-likeness (QED) is 0.372. The molecule has 29 heavy (non-hydrogen) atoms. The van der Waals surface area contributed by atoms with Crippen molar-refractivity contribution in [3.63, 3.8) is 0 Å². The fourth-order valence-electron chi connectivity index (χ4n) is 2.42. The molecule has 10 heteroatoms. The third-order valence-electron chi connectivity index (χ3n) is 3.79. The molecule has 0 bridgehead atoms. The Morgan fingerprint density at radius 2 is 1.86 bits per heavy atom. The van der Waals surface area contributed by atoms with E-state index in [4.69, 9.17) is 23.2 Å². The van der Waals surface area contributed by atoms with Crippen molar-refractivity contribution < 1.29 is 9.59 Å². The molecule has 0 spiro atoms. The van der Waals surface area contributed by atoms with Crippen LogP contribution in [0.4, 0.5) is 10.8 Å². The molecule has 3 rings (SSSR count). The number of halogens is 2. The highest BCUT2D eigenvalue weighted by Gasteiger charge is 2.15. The second-order valence-corrected chi connectivity index (χ2v) is 9.15. The van der Waals surface area contributed by atoms with Gasteiger partial charge in [-0.3, -0.25) is 14.9 Å². The van der Waals surface area contributed by atoms with Crippen molar-refractivity contribution in [2.24, 2.45) is 0 Å². The Kier molecular flexibility index (Phi) is 7.13. The summed E-state index contributed by atoms with van der Waals surface area (Å²) in [5.74, 6) is -0.374. The monoisotopic (exact) mass is 466 g/mol. The van der Waals surface area contributed by atoms with Crippen LogP contribution in [0, 0.1) is 13.8 Å². The highest BCUT2D eigenvalue weighted by Crippen LogP contribution is 2.27. The Hall–Kier alpha value is -2.13. The molecule has 1 aromatic heterocycles. The second-order valence-electron chi connectivity index (χ2n) is 6.11. The van der Waals surface area contributed by atoms with Gasteiger partial charge in [0.25, 0.3) is 5.91 Å². The molecule has 2 aromatic carbocycles. The number of carbonyl (C=O) groups excluding carboxylic acids is 2. The van der Waals surface area contributed by atoms with E-state index < -0.39 is 5.91 Å². The van der Waals surface area contributed by atoms with Crippen LogP contribution in [0.2, 0.25) is 10.0 Å². The molecular weight excluding hydrogens is 451 g/mol. The molecule has 0 aliphatic carbocycles. The summed E-state index contributed by atoms with van der Waals surface area (Å²) in [5, 5.41) is 14.5. The van der Waals surface area contributed by atoms with Crippen LogP contribution in [-0.2, 0) is 4.79 Å². The van der Waals surface area contributed by atoms with E-state index in [1.807, 2.05) is 32.0 Å².